The van der Waals surface area contributed by atoms with Gasteiger partial charge in [-0.3, -0.25) is 23.7 Å². The number of aliphatic hydroxyl groups excluding tert-OH is 1. The number of aliphatic hydroxyl groups is 1. The molecule has 1 aromatic heterocycles. The van der Waals surface area contributed by atoms with Crippen LogP contribution in [-0.4, -0.2) is 57.6 Å². The Morgan fingerprint density at radius 1 is 1.29 bits per heavy atom. The molecule has 0 bridgehead atoms. The van der Waals surface area contributed by atoms with Crippen molar-refractivity contribution in [3.63, 3.8) is 0 Å². The number of aromatic amines is 1. The summed E-state index contributed by atoms with van der Waals surface area (Å²) in [6.07, 6.45) is -2.50. The first-order valence-electron chi connectivity index (χ1n) is 13.1. The van der Waals surface area contributed by atoms with Gasteiger partial charge in [0.25, 0.3) is 5.56 Å². The summed E-state index contributed by atoms with van der Waals surface area (Å²) in [4.78, 5) is 41.4. The van der Waals surface area contributed by atoms with Crippen LogP contribution in [0.4, 0.5) is 0 Å². The highest BCUT2D eigenvalue weighted by molar-refractivity contribution is 7.52. The number of hydrogen-bond donors (Lipinski definition) is 3. The van der Waals surface area contributed by atoms with E-state index in [9.17, 15) is 29.6 Å². The van der Waals surface area contributed by atoms with Crippen molar-refractivity contribution in [2.45, 2.75) is 57.2 Å². The molecule has 16 heteroatoms. The molecule has 1 aliphatic rings. The summed E-state index contributed by atoms with van der Waals surface area (Å²) in [6, 6.07) is 12.3. The van der Waals surface area contributed by atoms with Gasteiger partial charge in [0, 0.05) is 22.6 Å². The zero-order valence-corrected chi connectivity index (χ0v) is 24.0. The van der Waals surface area contributed by atoms with Crippen LogP contribution in [0.2, 0.25) is 0 Å². The Bertz CT molecular complexity index is 1650. The number of rotatable bonds is 12. The maximum Gasteiger partial charge on any atom is 0.459 e. The molecule has 224 valence electrons. The average Bonchev–Trinajstić information content (AvgIpc) is 3.20. The van der Waals surface area contributed by atoms with Crippen molar-refractivity contribution in [3.8, 4) is 5.75 Å². The van der Waals surface area contributed by atoms with E-state index in [0.717, 1.165) is 22.2 Å². The third-order valence-corrected chi connectivity index (χ3v) is 8.28. The lowest BCUT2D eigenvalue weighted by Crippen LogP contribution is -2.45. The molecule has 15 nitrogen and oxygen atoms in total. The Kier molecular flexibility index (Phi) is 9.52. The second-order valence-corrected chi connectivity index (χ2v) is 11.5. The minimum Gasteiger partial charge on any atom is -0.465 e. The van der Waals surface area contributed by atoms with Crippen LogP contribution in [0.25, 0.3) is 21.2 Å². The fourth-order valence-electron chi connectivity index (χ4n) is 4.48. The zero-order valence-electron chi connectivity index (χ0n) is 23.1. The van der Waals surface area contributed by atoms with Crippen LogP contribution in [0.1, 0.15) is 33.4 Å². The number of nitrogens with zero attached hydrogens (tertiary/aromatic N) is 4. The van der Waals surface area contributed by atoms with E-state index in [-0.39, 0.29) is 12.4 Å². The Balaban J connectivity index is 1.63. The van der Waals surface area contributed by atoms with Gasteiger partial charge in [0.1, 0.15) is 23.4 Å². The van der Waals surface area contributed by atoms with E-state index in [1.54, 1.807) is 24.3 Å². The van der Waals surface area contributed by atoms with Crippen molar-refractivity contribution in [1.29, 1.82) is 0 Å². The van der Waals surface area contributed by atoms with E-state index >= 15 is 0 Å². The molecule has 0 spiro atoms. The molecular formula is C26H31N6O9P. The van der Waals surface area contributed by atoms with Gasteiger partial charge in [-0.15, -0.1) is 0 Å². The third kappa shape index (κ3) is 6.57. The van der Waals surface area contributed by atoms with Crippen molar-refractivity contribution < 1.29 is 33.0 Å². The molecule has 1 saturated heterocycles. The molecule has 2 unspecified atom stereocenters. The summed E-state index contributed by atoms with van der Waals surface area (Å²) in [5, 5.41) is 18.8. The van der Waals surface area contributed by atoms with Crippen LogP contribution in [0.3, 0.4) is 0 Å². The Hall–Kier alpha value is -3.97. The van der Waals surface area contributed by atoms with E-state index < -0.39 is 61.6 Å². The summed E-state index contributed by atoms with van der Waals surface area (Å²) in [6.45, 7) is 4.19. The molecular weight excluding hydrogens is 571 g/mol. The molecule has 0 aliphatic carbocycles. The monoisotopic (exact) mass is 602 g/mol. The Morgan fingerprint density at radius 3 is 2.74 bits per heavy atom. The molecule has 4 rings (SSSR count). The van der Waals surface area contributed by atoms with Gasteiger partial charge in [-0.2, -0.15) is 5.09 Å². The van der Waals surface area contributed by atoms with Crippen molar-refractivity contribution >= 4 is 24.5 Å². The molecule has 0 radical (unpaired) electrons. The Labute approximate surface area is 239 Å². The number of fused-ring (bicyclic) bond motifs is 1. The normalized spacial score (nSPS) is 24.0. The van der Waals surface area contributed by atoms with Gasteiger partial charge in [-0.05, 0) is 37.3 Å². The van der Waals surface area contributed by atoms with Crippen LogP contribution >= 0.6 is 7.75 Å². The van der Waals surface area contributed by atoms with Crippen LogP contribution in [-0.2, 0) is 23.4 Å². The number of nitrogens with one attached hydrogen (secondary N) is 2. The van der Waals surface area contributed by atoms with E-state index in [1.807, 2.05) is 25.1 Å². The molecule has 2 heterocycles. The summed E-state index contributed by atoms with van der Waals surface area (Å²) < 4.78 is 37.7. The molecule has 6 atom stereocenters. The topological polar surface area (TPSA) is 207 Å². The summed E-state index contributed by atoms with van der Waals surface area (Å²) in [5.74, 6) is -0.490. The average molecular weight is 603 g/mol. The SMILES string of the molecule is CCCOC(=O)[C@H](C)NP(=O)(OC[C@H]1OC(n2ccc(=O)[nH]c2=O)[C@](C)(N=[N+]=[N-])[C@@H]1O)Oc1cccc2ccccc12. The number of carbonyl (C=O) groups is 1. The predicted octanol–water partition coefficient (Wildman–Crippen LogP) is 3.15. The second-order valence-electron chi connectivity index (χ2n) is 9.78. The summed E-state index contributed by atoms with van der Waals surface area (Å²) in [7, 11) is -4.39. The second kappa shape index (κ2) is 12.9. The minimum absolute atomic E-state index is 0.159. The van der Waals surface area contributed by atoms with Gasteiger partial charge >= 0.3 is 19.4 Å². The van der Waals surface area contributed by atoms with E-state index in [2.05, 4.69) is 20.1 Å². The quantitative estimate of drug-likeness (QED) is 0.0907. The lowest BCUT2D eigenvalue weighted by atomic mass is 9.93. The van der Waals surface area contributed by atoms with Gasteiger partial charge in [-0.25, -0.2) is 9.36 Å². The number of hydrogen-bond acceptors (Lipinski definition) is 10. The van der Waals surface area contributed by atoms with Crippen LogP contribution in [0, 0.1) is 0 Å². The smallest absolute Gasteiger partial charge is 0.459 e. The molecule has 1 fully saturated rings. The highest BCUT2D eigenvalue weighted by Gasteiger charge is 2.55. The molecule has 1 aliphatic heterocycles. The molecule has 0 saturated carbocycles. The highest BCUT2D eigenvalue weighted by Crippen LogP contribution is 2.48. The first-order valence-corrected chi connectivity index (χ1v) is 14.6. The van der Waals surface area contributed by atoms with Gasteiger partial charge in [0.15, 0.2) is 6.23 Å². The number of esters is 1. The molecule has 0 amide bonds. The summed E-state index contributed by atoms with van der Waals surface area (Å²) in [5.41, 5.74) is 5.92. The Morgan fingerprint density at radius 2 is 2.02 bits per heavy atom. The first-order chi connectivity index (χ1) is 20.0. The maximum absolute atomic E-state index is 14.1. The fraction of sp³-hybridized carbons (Fsp3) is 0.423. The van der Waals surface area contributed by atoms with Gasteiger partial charge < -0.3 is 19.1 Å². The number of azide groups is 1. The largest absolute Gasteiger partial charge is 0.465 e. The standard InChI is InChI=1S/C26H31N6O9P/c1-4-14-38-23(35)16(2)29-42(37,41-19-11-7-9-17-8-5-6-10-18(17)19)39-15-20-22(34)26(3,30-31-27)24(40-20)32-13-12-21(33)28-25(32)36/h5-13,16,20,22,24,34H,4,14-15H2,1-3H3,(H,29,37)(H,28,33,36)/t16-,20+,22+,24?,26+,42?/m0/s1. The van der Waals surface area contributed by atoms with Gasteiger partial charge in [0.2, 0.25) is 0 Å². The van der Waals surface area contributed by atoms with Gasteiger partial charge in [-0.1, -0.05) is 48.4 Å². The number of benzene rings is 2. The van der Waals surface area contributed by atoms with Crippen molar-refractivity contribution in [2.24, 2.45) is 5.11 Å². The number of ether oxygens (including phenoxy) is 2. The number of H-pyrrole nitrogens is 1. The van der Waals surface area contributed by atoms with Crippen molar-refractivity contribution in [1.82, 2.24) is 14.6 Å². The fourth-order valence-corrected chi connectivity index (χ4v) is 6.00. The number of carbonyl (C=O) groups excluding carboxylic acids is 1. The third-order valence-electron chi connectivity index (χ3n) is 6.65. The van der Waals surface area contributed by atoms with Crippen LogP contribution in [0.15, 0.2) is 69.4 Å². The molecule has 42 heavy (non-hydrogen) atoms. The van der Waals surface area contributed by atoms with Crippen LogP contribution in [0.5, 0.6) is 5.75 Å². The molecule has 3 aromatic rings. The van der Waals surface area contributed by atoms with Crippen molar-refractivity contribution in [3.05, 3.63) is 86.0 Å². The van der Waals surface area contributed by atoms with Gasteiger partial charge in [0.05, 0.1) is 19.3 Å². The predicted molar refractivity (Wildman–Crippen MR) is 151 cm³/mol. The molecule has 3 N–H and O–H groups in total. The lowest BCUT2D eigenvalue weighted by Gasteiger charge is -2.28. The van der Waals surface area contributed by atoms with Crippen LogP contribution < -0.4 is 20.9 Å². The first kappa shape index (κ1) is 31.0. The summed E-state index contributed by atoms with van der Waals surface area (Å²) >= 11 is 0. The van der Waals surface area contributed by atoms with E-state index in [0.29, 0.717) is 11.8 Å². The number of aromatic nitrogens is 2. The maximum atomic E-state index is 14.1. The minimum atomic E-state index is -4.39. The zero-order chi connectivity index (χ0) is 30.5. The lowest BCUT2D eigenvalue weighted by molar-refractivity contribution is -0.145. The highest BCUT2D eigenvalue weighted by atomic mass is 31.2. The van der Waals surface area contributed by atoms with E-state index in [4.69, 9.17) is 18.5 Å². The van der Waals surface area contributed by atoms with E-state index in [1.165, 1.54) is 13.8 Å². The molecule has 2 aromatic carbocycles. The van der Waals surface area contributed by atoms with Crippen molar-refractivity contribution in [2.75, 3.05) is 13.2 Å².